The molecule has 6 heteroatoms. The molecular formula is C15H20N2O4. The van der Waals surface area contributed by atoms with Gasteiger partial charge in [0.2, 0.25) is 11.7 Å². The number of hydrogen-bond acceptors (Lipinski definition) is 5. The van der Waals surface area contributed by atoms with Gasteiger partial charge in [-0.3, -0.25) is 4.79 Å². The third kappa shape index (κ3) is 2.82. The maximum Gasteiger partial charge on any atom is 0.246 e. The molecule has 2 heterocycles. The number of ether oxygens (including phenoxy) is 3. The lowest BCUT2D eigenvalue weighted by Crippen LogP contribution is -2.39. The van der Waals surface area contributed by atoms with Crippen LogP contribution >= 0.6 is 0 Å². The Kier molecular flexibility index (Phi) is 3.51. The highest BCUT2D eigenvalue weighted by molar-refractivity contribution is 5.93. The van der Waals surface area contributed by atoms with E-state index in [1.165, 1.54) is 0 Å². The molecule has 1 aromatic carbocycles. The van der Waals surface area contributed by atoms with E-state index in [0.717, 1.165) is 0 Å². The van der Waals surface area contributed by atoms with Gasteiger partial charge in [0.25, 0.3) is 0 Å². The first-order valence-electron chi connectivity index (χ1n) is 7.06. The van der Waals surface area contributed by atoms with Crippen molar-refractivity contribution in [3.63, 3.8) is 0 Å². The van der Waals surface area contributed by atoms with Crippen LogP contribution in [0.3, 0.4) is 0 Å². The molecule has 2 aliphatic rings. The van der Waals surface area contributed by atoms with Crippen molar-refractivity contribution in [3.05, 3.63) is 18.2 Å². The van der Waals surface area contributed by atoms with Crippen LogP contribution in [-0.4, -0.2) is 38.0 Å². The first-order valence-corrected chi connectivity index (χ1v) is 7.06. The third-order valence-corrected chi connectivity index (χ3v) is 3.71. The molecule has 0 aliphatic carbocycles. The zero-order valence-electron chi connectivity index (χ0n) is 12.4. The highest BCUT2D eigenvalue weighted by Crippen LogP contribution is 2.40. The van der Waals surface area contributed by atoms with E-state index in [1.807, 2.05) is 27.0 Å². The number of hydrogen-bond donors (Lipinski definition) is 2. The average Bonchev–Trinajstić information content (AvgIpc) is 3.00. The molecule has 0 aromatic heterocycles. The van der Waals surface area contributed by atoms with Gasteiger partial charge in [0.15, 0.2) is 11.5 Å². The van der Waals surface area contributed by atoms with Crippen LogP contribution < -0.4 is 20.1 Å². The number of benzene rings is 1. The first kappa shape index (κ1) is 14.2. The van der Waals surface area contributed by atoms with Gasteiger partial charge in [-0.2, -0.15) is 0 Å². The van der Waals surface area contributed by atoms with Gasteiger partial charge in [0.05, 0.1) is 19.1 Å². The van der Waals surface area contributed by atoms with Crippen LogP contribution in [0.15, 0.2) is 18.2 Å². The number of carbonyl (C=O) groups excluding carboxylic acids is 1. The van der Waals surface area contributed by atoms with Crippen LogP contribution in [0.25, 0.3) is 0 Å². The SMILES string of the molecule is CNC1COCC1C(=O)Nc1ccc2c(c1)OC(C)(C)O2. The summed E-state index contributed by atoms with van der Waals surface area (Å²) in [4.78, 5) is 12.3. The van der Waals surface area contributed by atoms with E-state index in [-0.39, 0.29) is 17.9 Å². The lowest BCUT2D eigenvalue weighted by molar-refractivity contribution is -0.120. The average molecular weight is 292 g/mol. The highest BCUT2D eigenvalue weighted by atomic mass is 16.7. The van der Waals surface area contributed by atoms with Gasteiger partial charge < -0.3 is 24.8 Å². The van der Waals surface area contributed by atoms with Crippen LogP contribution in [0.4, 0.5) is 5.69 Å². The minimum atomic E-state index is -0.665. The second-order valence-corrected chi connectivity index (χ2v) is 5.79. The molecule has 1 amide bonds. The topological polar surface area (TPSA) is 68.8 Å². The van der Waals surface area contributed by atoms with Gasteiger partial charge in [0.1, 0.15) is 0 Å². The summed E-state index contributed by atoms with van der Waals surface area (Å²) in [6, 6.07) is 5.45. The van der Waals surface area contributed by atoms with Crippen molar-refractivity contribution in [2.75, 3.05) is 25.6 Å². The van der Waals surface area contributed by atoms with E-state index >= 15 is 0 Å². The molecule has 2 aliphatic heterocycles. The molecule has 0 saturated carbocycles. The lowest BCUT2D eigenvalue weighted by atomic mass is 10.0. The summed E-state index contributed by atoms with van der Waals surface area (Å²) in [5.41, 5.74) is 0.696. The van der Waals surface area contributed by atoms with Crippen molar-refractivity contribution < 1.29 is 19.0 Å². The lowest BCUT2D eigenvalue weighted by Gasteiger charge is -2.16. The second kappa shape index (κ2) is 5.20. The smallest absolute Gasteiger partial charge is 0.246 e. The van der Waals surface area contributed by atoms with E-state index in [4.69, 9.17) is 14.2 Å². The number of amides is 1. The van der Waals surface area contributed by atoms with Gasteiger partial charge in [-0.05, 0) is 19.2 Å². The molecule has 1 saturated heterocycles. The van der Waals surface area contributed by atoms with E-state index in [1.54, 1.807) is 12.1 Å². The van der Waals surface area contributed by atoms with Crippen LogP contribution in [0.2, 0.25) is 0 Å². The van der Waals surface area contributed by atoms with Gasteiger partial charge in [0, 0.05) is 31.6 Å². The maximum atomic E-state index is 12.3. The highest BCUT2D eigenvalue weighted by Gasteiger charge is 2.34. The standard InChI is InChI=1S/C15H20N2O4/c1-15(2)20-12-5-4-9(6-13(12)21-15)17-14(18)10-7-19-8-11(10)16-3/h4-6,10-11,16H,7-8H2,1-3H3,(H,17,18). The Morgan fingerprint density at radius 2 is 2.00 bits per heavy atom. The number of fused-ring (bicyclic) bond motifs is 1. The molecule has 0 bridgehead atoms. The third-order valence-electron chi connectivity index (χ3n) is 3.71. The molecule has 21 heavy (non-hydrogen) atoms. The molecule has 6 nitrogen and oxygen atoms in total. The Labute approximate surface area is 123 Å². The zero-order valence-corrected chi connectivity index (χ0v) is 12.4. The predicted octanol–water partition coefficient (Wildman–Crippen LogP) is 1.37. The fourth-order valence-corrected chi connectivity index (χ4v) is 2.63. The summed E-state index contributed by atoms with van der Waals surface area (Å²) in [6.45, 7) is 4.69. The van der Waals surface area contributed by atoms with Crippen LogP contribution in [0, 0.1) is 5.92 Å². The Bertz CT molecular complexity index is 559. The monoisotopic (exact) mass is 292 g/mol. The van der Waals surface area contributed by atoms with Crippen molar-refractivity contribution in [2.45, 2.75) is 25.7 Å². The molecule has 114 valence electrons. The Morgan fingerprint density at radius 1 is 1.24 bits per heavy atom. The largest absolute Gasteiger partial charge is 0.449 e. The van der Waals surface area contributed by atoms with Crippen molar-refractivity contribution in [3.8, 4) is 11.5 Å². The van der Waals surface area contributed by atoms with Crippen molar-refractivity contribution in [2.24, 2.45) is 5.92 Å². The minimum Gasteiger partial charge on any atom is -0.449 e. The Balaban J connectivity index is 1.70. The van der Waals surface area contributed by atoms with Crippen LogP contribution in [0.5, 0.6) is 11.5 Å². The van der Waals surface area contributed by atoms with Gasteiger partial charge >= 0.3 is 0 Å². The molecule has 0 spiro atoms. The number of anilines is 1. The van der Waals surface area contributed by atoms with Crippen molar-refractivity contribution in [1.82, 2.24) is 5.32 Å². The predicted molar refractivity (Wildman–Crippen MR) is 77.6 cm³/mol. The number of rotatable bonds is 3. The fraction of sp³-hybridized carbons (Fsp3) is 0.533. The normalized spacial score (nSPS) is 25.9. The molecular weight excluding hydrogens is 272 g/mol. The van der Waals surface area contributed by atoms with E-state index in [2.05, 4.69) is 10.6 Å². The van der Waals surface area contributed by atoms with E-state index < -0.39 is 5.79 Å². The molecule has 1 fully saturated rings. The molecule has 2 atom stereocenters. The number of carbonyl (C=O) groups is 1. The molecule has 3 rings (SSSR count). The van der Waals surface area contributed by atoms with Crippen LogP contribution in [0.1, 0.15) is 13.8 Å². The second-order valence-electron chi connectivity index (χ2n) is 5.79. The quantitative estimate of drug-likeness (QED) is 0.880. The Hall–Kier alpha value is -1.79. The van der Waals surface area contributed by atoms with Crippen molar-refractivity contribution >= 4 is 11.6 Å². The van der Waals surface area contributed by atoms with E-state index in [9.17, 15) is 4.79 Å². The van der Waals surface area contributed by atoms with Crippen molar-refractivity contribution in [1.29, 1.82) is 0 Å². The molecule has 2 N–H and O–H groups in total. The minimum absolute atomic E-state index is 0.0509. The summed E-state index contributed by atoms with van der Waals surface area (Å²) in [6.07, 6.45) is 0. The Morgan fingerprint density at radius 3 is 2.76 bits per heavy atom. The maximum absolute atomic E-state index is 12.3. The fourth-order valence-electron chi connectivity index (χ4n) is 2.63. The van der Waals surface area contributed by atoms with Gasteiger partial charge in [-0.15, -0.1) is 0 Å². The summed E-state index contributed by atoms with van der Waals surface area (Å²) < 4.78 is 16.7. The zero-order chi connectivity index (χ0) is 15.0. The summed E-state index contributed by atoms with van der Waals surface area (Å²) in [5.74, 6) is 0.435. The van der Waals surface area contributed by atoms with Crippen LogP contribution in [-0.2, 0) is 9.53 Å². The number of likely N-dealkylation sites (N-methyl/N-ethyl adjacent to an activating group) is 1. The molecule has 0 radical (unpaired) electrons. The summed E-state index contributed by atoms with van der Waals surface area (Å²) in [7, 11) is 1.84. The molecule has 1 aromatic rings. The first-order chi connectivity index (χ1) is 9.98. The summed E-state index contributed by atoms with van der Waals surface area (Å²) >= 11 is 0. The van der Waals surface area contributed by atoms with Gasteiger partial charge in [-0.25, -0.2) is 0 Å². The van der Waals surface area contributed by atoms with Gasteiger partial charge in [-0.1, -0.05) is 0 Å². The molecule has 2 unspecified atom stereocenters. The van der Waals surface area contributed by atoms with E-state index in [0.29, 0.717) is 30.4 Å². The number of nitrogens with one attached hydrogen (secondary N) is 2. The summed E-state index contributed by atoms with van der Waals surface area (Å²) in [5, 5.41) is 6.01.